The summed E-state index contributed by atoms with van der Waals surface area (Å²) in [6.07, 6.45) is 3.03. The lowest BCUT2D eigenvalue weighted by molar-refractivity contribution is -0.130. The van der Waals surface area contributed by atoms with E-state index in [9.17, 15) is 4.79 Å². The molecule has 0 bridgehead atoms. The molecule has 5 nitrogen and oxygen atoms in total. The molecule has 1 heterocycles. The van der Waals surface area contributed by atoms with Gasteiger partial charge < -0.3 is 9.47 Å². The number of fused-ring (bicyclic) bond motifs is 2. The molecule has 0 saturated heterocycles. The van der Waals surface area contributed by atoms with Crippen LogP contribution >= 0.6 is 0 Å². The van der Waals surface area contributed by atoms with Crippen LogP contribution < -0.4 is 14.9 Å². The lowest BCUT2D eigenvalue weighted by atomic mass is 10.1. The fraction of sp³-hybridized carbons (Fsp3) is 0.130. The summed E-state index contributed by atoms with van der Waals surface area (Å²) in [6, 6.07) is 21.7. The molecule has 0 fully saturated rings. The highest BCUT2D eigenvalue weighted by Crippen LogP contribution is 2.35. The summed E-state index contributed by atoms with van der Waals surface area (Å²) >= 11 is 0. The number of rotatable bonds is 4. The molecule has 1 aliphatic rings. The second-order valence-corrected chi connectivity index (χ2v) is 6.54. The Labute approximate surface area is 163 Å². The zero-order valence-corrected chi connectivity index (χ0v) is 15.5. The van der Waals surface area contributed by atoms with E-state index in [4.69, 9.17) is 9.47 Å². The first-order chi connectivity index (χ1) is 13.7. The molecule has 5 heteroatoms. The quantitative estimate of drug-likeness (QED) is 0.552. The molecule has 3 aromatic rings. The molecule has 1 atom stereocenters. The summed E-state index contributed by atoms with van der Waals surface area (Å²) in [4.78, 5) is 12.4. The van der Waals surface area contributed by atoms with E-state index in [-0.39, 0.29) is 12.5 Å². The molecule has 0 saturated carbocycles. The first kappa shape index (κ1) is 17.8. The number of hydrogen-bond acceptors (Lipinski definition) is 4. The van der Waals surface area contributed by atoms with Gasteiger partial charge in [0.1, 0.15) is 6.61 Å². The van der Waals surface area contributed by atoms with Crippen LogP contribution in [0.1, 0.15) is 12.5 Å². The average Bonchev–Trinajstić information content (AvgIpc) is 2.74. The number of carbonyl (C=O) groups excluding carboxylic acids is 1. The van der Waals surface area contributed by atoms with Crippen molar-refractivity contribution in [3.05, 3.63) is 78.4 Å². The normalized spacial score (nSPS) is 16.3. The molecular formula is C23H20N2O3. The Bertz CT molecular complexity index is 1060. The van der Waals surface area contributed by atoms with Crippen molar-refractivity contribution < 1.29 is 14.3 Å². The predicted octanol–water partition coefficient (Wildman–Crippen LogP) is 4.19. The van der Waals surface area contributed by atoms with E-state index < -0.39 is 6.10 Å². The van der Waals surface area contributed by atoms with Crippen LogP contribution in [0.15, 0.2) is 77.9 Å². The fourth-order valence-corrected chi connectivity index (χ4v) is 2.92. The van der Waals surface area contributed by atoms with Gasteiger partial charge in [-0.25, -0.2) is 5.43 Å². The maximum atomic E-state index is 12.4. The van der Waals surface area contributed by atoms with Gasteiger partial charge in [-0.3, -0.25) is 4.79 Å². The minimum atomic E-state index is -0.747. The van der Waals surface area contributed by atoms with Crippen molar-refractivity contribution in [1.82, 2.24) is 5.43 Å². The fourth-order valence-electron chi connectivity index (χ4n) is 2.92. The molecule has 0 aliphatic carbocycles. The molecule has 1 aliphatic heterocycles. The molecular weight excluding hydrogens is 352 g/mol. The minimum Gasteiger partial charge on any atom is -0.485 e. The van der Waals surface area contributed by atoms with Gasteiger partial charge >= 0.3 is 0 Å². The number of hydrazone groups is 1. The second kappa shape index (κ2) is 7.96. The van der Waals surface area contributed by atoms with Gasteiger partial charge in [-0.2, -0.15) is 5.10 Å². The van der Waals surface area contributed by atoms with E-state index in [1.165, 1.54) is 0 Å². The highest BCUT2D eigenvalue weighted by Gasteiger charge is 2.27. The molecule has 140 valence electrons. The van der Waals surface area contributed by atoms with E-state index in [1.54, 1.807) is 0 Å². The Balaban J connectivity index is 1.40. The number of nitrogens with zero attached hydrogens (tertiary/aromatic N) is 1. The van der Waals surface area contributed by atoms with Crippen LogP contribution in [0, 0.1) is 0 Å². The average molecular weight is 372 g/mol. The SMILES string of the molecule is CC(/C=C/c1ccccc1)=NNC(=O)[C@H]1COc2cc3ccccc3cc2O1. The standard InChI is InChI=1S/C23H20N2O3/c1-16(11-12-17-7-3-2-4-8-17)24-25-23(26)22-15-27-20-13-18-9-5-6-10-19(18)14-21(20)28-22/h2-14,22H,15H2,1H3,(H,25,26)/b12-11+,24-16?/t22-/m1/s1. The summed E-state index contributed by atoms with van der Waals surface area (Å²) < 4.78 is 11.6. The van der Waals surface area contributed by atoms with E-state index in [2.05, 4.69) is 10.5 Å². The van der Waals surface area contributed by atoms with Crippen molar-refractivity contribution in [1.29, 1.82) is 0 Å². The van der Waals surface area contributed by atoms with Crippen molar-refractivity contribution in [2.24, 2.45) is 5.10 Å². The number of benzene rings is 3. The van der Waals surface area contributed by atoms with Crippen LogP contribution in [0.4, 0.5) is 0 Å². The van der Waals surface area contributed by atoms with Gasteiger partial charge in [-0.1, -0.05) is 60.7 Å². The maximum absolute atomic E-state index is 12.4. The molecule has 1 amide bonds. The van der Waals surface area contributed by atoms with Gasteiger partial charge in [0.05, 0.1) is 5.71 Å². The van der Waals surface area contributed by atoms with Crippen LogP contribution in [0.5, 0.6) is 11.5 Å². The largest absolute Gasteiger partial charge is 0.485 e. The van der Waals surface area contributed by atoms with Crippen LogP contribution in [0.2, 0.25) is 0 Å². The lowest BCUT2D eigenvalue weighted by Crippen LogP contribution is -2.42. The van der Waals surface area contributed by atoms with Crippen molar-refractivity contribution in [3.8, 4) is 11.5 Å². The Morgan fingerprint density at radius 1 is 1.04 bits per heavy atom. The molecule has 4 rings (SSSR count). The smallest absolute Gasteiger partial charge is 0.284 e. The molecule has 0 unspecified atom stereocenters. The number of ether oxygens (including phenoxy) is 2. The van der Waals surface area contributed by atoms with Gasteiger partial charge in [-0.05, 0) is 41.5 Å². The highest BCUT2D eigenvalue weighted by molar-refractivity contribution is 5.97. The lowest BCUT2D eigenvalue weighted by Gasteiger charge is -2.25. The Hall–Kier alpha value is -3.60. The Morgan fingerprint density at radius 3 is 2.46 bits per heavy atom. The van der Waals surface area contributed by atoms with Crippen molar-refractivity contribution in [3.63, 3.8) is 0 Å². The number of amides is 1. The van der Waals surface area contributed by atoms with Crippen LogP contribution in [-0.2, 0) is 4.79 Å². The highest BCUT2D eigenvalue weighted by atomic mass is 16.6. The summed E-state index contributed by atoms with van der Waals surface area (Å²) in [5, 5.41) is 6.22. The molecule has 0 aromatic heterocycles. The molecule has 0 radical (unpaired) electrons. The first-order valence-corrected chi connectivity index (χ1v) is 9.08. The van der Waals surface area contributed by atoms with E-state index in [1.807, 2.05) is 85.8 Å². The van der Waals surface area contributed by atoms with Gasteiger partial charge in [0, 0.05) is 0 Å². The summed E-state index contributed by atoms with van der Waals surface area (Å²) in [5.41, 5.74) is 4.30. The zero-order chi connectivity index (χ0) is 19.3. The van der Waals surface area contributed by atoms with Gasteiger partial charge in [0.25, 0.3) is 5.91 Å². The summed E-state index contributed by atoms with van der Waals surface area (Å²) in [6.45, 7) is 1.96. The second-order valence-electron chi connectivity index (χ2n) is 6.54. The maximum Gasteiger partial charge on any atom is 0.284 e. The summed E-state index contributed by atoms with van der Waals surface area (Å²) in [5.74, 6) is 0.870. The predicted molar refractivity (Wildman–Crippen MR) is 111 cm³/mol. The van der Waals surface area contributed by atoms with Gasteiger partial charge in [0.15, 0.2) is 11.5 Å². The minimum absolute atomic E-state index is 0.144. The van der Waals surface area contributed by atoms with E-state index in [0.717, 1.165) is 16.3 Å². The van der Waals surface area contributed by atoms with Crippen molar-refractivity contribution >= 4 is 28.5 Å². The van der Waals surface area contributed by atoms with Crippen LogP contribution in [0.25, 0.3) is 16.8 Å². The molecule has 0 spiro atoms. The van der Waals surface area contributed by atoms with E-state index in [0.29, 0.717) is 17.2 Å². The van der Waals surface area contributed by atoms with Crippen molar-refractivity contribution in [2.45, 2.75) is 13.0 Å². The van der Waals surface area contributed by atoms with Gasteiger partial charge in [0.2, 0.25) is 6.10 Å². The first-order valence-electron chi connectivity index (χ1n) is 9.08. The zero-order valence-electron chi connectivity index (χ0n) is 15.5. The van der Waals surface area contributed by atoms with Crippen LogP contribution in [0.3, 0.4) is 0 Å². The van der Waals surface area contributed by atoms with Gasteiger partial charge in [-0.15, -0.1) is 0 Å². The third-order valence-corrected chi connectivity index (χ3v) is 4.42. The number of carbonyl (C=O) groups is 1. The molecule has 3 aromatic carbocycles. The Kier molecular flexibility index (Phi) is 5.06. The monoisotopic (exact) mass is 372 g/mol. The van der Waals surface area contributed by atoms with Crippen molar-refractivity contribution in [2.75, 3.05) is 6.61 Å². The topological polar surface area (TPSA) is 59.9 Å². The molecule has 28 heavy (non-hydrogen) atoms. The van der Waals surface area contributed by atoms with Crippen LogP contribution in [-0.4, -0.2) is 24.3 Å². The number of allylic oxidation sites excluding steroid dienone is 1. The Morgan fingerprint density at radius 2 is 1.71 bits per heavy atom. The number of hydrogen-bond donors (Lipinski definition) is 1. The third-order valence-electron chi connectivity index (χ3n) is 4.42. The number of nitrogens with one attached hydrogen (secondary N) is 1. The third kappa shape index (κ3) is 4.04. The summed E-state index contributed by atoms with van der Waals surface area (Å²) in [7, 11) is 0. The van der Waals surface area contributed by atoms with E-state index >= 15 is 0 Å². The molecule has 1 N–H and O–H groups in total.